The quantitative estimate of drug-likeness (QED) is 0.864. The molecule has 2 N–H and O–H groups in total. The van der Waals surface area contributed by atoms with E-state index in [2.05, 4.69) is 29.0 Å². The van der Waals surface area contributed by atoms with Crippen LogP contribution < -0.4 is 10.5 Å². The molecule has 0 radical (unpaired) electrons. The zero-order valence-corrected chi connectivity index (χ0v) is 11.6. The molecule has 102 valence electrons. The van der Waals surface area contributed by atoms with Crippen molar-refractivity contribution in [3.63, 3.8) is 0 Å². The fourth-order valence-corrected chi connectivity index (χ4v) is 2.95. The third-order valence-electron chi connectivity index (χ3n) is 4.21. The molecule has 3 nitrogen and oxygen atoms in total. The third-order valence-corrected chi connectivity index (χ3v) is 4.21. The first kappa shape index (κ1) is 12.5. The van der Waals surface area contributed by atoms with Crippen LogP contribution in [0.1, 0.15) is 26.2 Å². The second-order valence-electron chi connectivity index (χ2n) is 5.60. The van der Waals surface area contributed by atoms with Gasteiger partial charge in [0.05, 0.1) is 12.1 Å². The zero-order chi connectivity index (χ0) is 13.3. The van der Waals surface area contributed by atoms with Crippen molar-refractivity contribution >= 4 is 10.9 Å². The lowest BCUT2D eigenvalue weighted by molar-refractivity contribution is 0.344. The summed E-state index contributed by atoms with van der Waals surface area (Å²) in [6.07, 6.45) is 5.95. The molecule has 0 saturated heterocycles. The number of hydrogen-bond acceptors (Lipinski definition) is 2. The predicted molar refractivity (Wildman–Crippen MR) is 78.4 cm³/mol. The van der Waals surface area contributed by atoms with Crippen molar-refractivity contribution in [1.82, 2.24) is 4.57 Å². The Morgan fingerprint density at radius 3 is 2.84 bits per heavy atom. The molecule has 1 aromatic heterocycles. The average molecular weight is 258 g/mol. The van der Waals surface area contributed by atoms with Crippen molar-refractivity contribution in [1.29, 1.82) is 0 Å². The summed E-state index contributed by atoms with van der Waals surface area (Å²) in [6, 6.07) is 8.46. The first-order valence-electron chi connectivity index (χ1n) is 7.19. The minimum Gasteiger partial charge on any atom is -0.493 e. The van der Waals surface area contributed by atoms with E-state index in [4.69, 9.17) is 10.5 Å². The Morgan fingerprint density at radius 2 is 2.16 bits per heavy atom. The second-order valence-corrected chi connectivity index (χ2v) is 5.60. The van der Waals surface area contributed by atoms with Crippen molar-refractivity contribution in [3.8, 4) is 5.75 Å². The van der Waals surface area contributed by atoms with Crippen molar-refractivity contribution < 1.29 is 4.74 Å². The minimum absolute atomic E-state index is 0.461. The van der Waals surface area contributed by atoms with Crippen LogP contribution in [0.3, 0.4) is 0 Å². The molecule has 0 spiro atoms. The number of aromatic nitrogens is 1. The monoisotopic (exact) mass is 258 g/mol. The van der Waals surface area contributed by atoms with Gasteiger partial charge in [-0.3, -0.25) is 0 Å². The van der Waals surface area contributed by atoms with E-state index in [1.54, 1.807) is 0 Å². The van der Waals surface area contributed by atoms with Crippen LogP contribution >= 0.6 is 0 Å². The Kier molecular flexibility index (Phi) is 3.23. The number of hydrogen-bond donors (Lipinski definition) is 1. The molecule has 3 heteroatoms. The lowest BCUT2D eigenvalue weighted by atomic mass is 10.0. The van der Waals surface area contributed by atoms with Gasteiger partial charge in [-0.05, 0) is 56.3 Å². The average Bonchev–Trinajstić information content (AvgIpc) is 3.03. The predicted octanol–water partition coefficient (Wildman–Crippen LogP) is 3.17. The molecule has 1 aromatic carbocycles. The molecule has 19 heavy (non-hydrogen) atoms. The van der Waals surface area contributed by atoms with Gasteiger partial charge in [0.25, 0.3) is 0 Å². The fraction of sp³-hybridized carbons (Fsp3) is 0.500. The van der Waals surface area contributed by atoms with Crippen molar-refractivity contribution in [2.24, 2.45) is 11.1 Å². The van der Waals surface area contributed by atoms with E-state index >= 15 is 0 Å². The molecule has 1 fully saturated rings. The van der Waals surface area contributed by atoms with E-state index in [9.17, 15) is 0 Å². The third kappa shape index (κ3) is 2.35. The highest BCUT2D eigenvalue weighted by atomic mass is 16.5. The molecule has 0 bridgehead atoms. The summed E-state index contributed by atoms with van der Waals surface area (Å²) in [4.78, 5) is 0. The normalized spacial score (nSPS) is 16.7. The van der Waals surface area contributed by atoms with Crippen LogP contribution in [0.15, 0.2) is 30.5 Å². The number of nitrogens with zero attached hydrogens (tertiary/aromatic N) is 1. The van der Waals surface area contributed by atoms with Gasteiger partial charge in [-0.25, -0.2) is 0 Å². The number of fused-ring (bicyclic) bond motifs is 1. The second kappa shape index (κ2) is 4.89. The topological polar surface area (TPSA) is 40.2 Å². The maximum atomic E-state index is 5.73. The van der Waals surface area contributed by atoms with Crippen LogP contribution in [0.4, 0.5) is 0 Å². The molecule has 1 aliphatic rings. The summed E-state index contributed by atoms with van der Waals surface area (Å²) >= 11 is 0. The number of benzene rings is 1. The molecule has 0 aliphatic heterocycles. The van der Waals surface area contributed by atoms with E-state index in [0.29, 0.717) is 12.0 Å². The van der Waals surface area contributed by atoms with E-state index in [1.807, 2.05) is 13.0 Å². The number of rotatable bonds is 6. The highest BCUT2D eigenvalue weighted by Crippen LogP contribution is 2.50. The SMILES string of the molecule is CCOc1cccc2c1ccn2CC1(CCN)CC1. The Bertz CT molecular complexity index is 569. The van der Waals surface area contributed by atoms with E-state index < -0.39 is 0 Å². The molecular formula is C16H22N2O. The summed E-state index contributed by atoms with van der Waals surface area (Å²) in [6.45, 7) is 4.62. The highest BCUT2D eigenvalue weighted by Gasteiger charge is 2.41. The Labute approximate surface area is 114 Å². The first-order chi connectivity index (χ1) is 9.28. The number of ether oxygens (including phenoxy) is 1. The van der Waals surface area contributed by atoms with Gasteiger partial charge < -0.3 is 15.0 Å². The Hall–Kier alpha value is -1.48. The van der Waals surface area contributed by atoms with Crippen LogP contribution in [0.2, 0.25) is 0 Å². The van der Waals surface area contributed by atoms with Gasteiger partial charge in [-0.1, -0.05) is 6.07 Å². The van der Waals surface area contributed by atoms with Crippen LogP contribution in [0, 0.1) is 5.41 Å². The van der Waals surface area contributed by atoms with E-state index in [-0.39, 0.29) is 0 Å². The molecule has 2 aromatic rings. The first-order valence-corrected chi connectivity index (χ1v) is 7.19. The van der Waals surface area contributed by atoms with Gasteiger partial charge >= 0.3 is 0 Å². The molecule has 3 rings (SSSR count). The summed E-state index contributed by atoms with van der Waals surface area (Å²) in [5.74, 6) is 0.988. The van der Waals surface area contributed by atoms with Crippen LogP contribution in [0.25, 0.3) is 10.9 Å². The van der Waals surface area contributed by atoms with Crippen LogP contribution in [-0.2, 0) is 6.54 Å². The van der Waals surface area contributed by atoms with E-state index in [1.165, 1.54) is 23.7 Å². The molecule has 1 saturated carbocycles. The van der Waals surface area contributed by atoms with Crippen LogP contribution in [-0.4, -0.2) is 17.7 Å². The molecule has 0 unspecified atom stereocenters. The lowest BCUT2D eigenvalue weighted by Crippen LogP contribution is -2.15. The molecule has 0 amide bonds. The van der Waals surface area contributed by atoms with E-state index in [0.717, 1.165) is 25.3 Å². The molecular weight excluding hydrogens is 236 g/mol. The lowest BCUT2D eigenvalue weighted by Gasteiger charge is -2.16. The maximum Gasteiger partial charge on any atom is 0.128 e. The Morgan fingerprint density at radius 1 is 1.32 bits per heavy atom. The fourth-order valence-electron chi connectivity index (χ4n) is 2.95. The van der Waals surface area contributed by atoms with Gasteiger partial charge in [0.2, 0.25) is 0 Å². The number of nitrogens with two attached hydrogens (primary N) is 1. The summed E-state index contributed by atoms with van der Waals surface area (Å²) in [5.41, 5.74) is 7.46. The van der Waals surface area contributed by atoms with Crippen molar-refractivity contribution in [2.75, 3.05) is 13.2 Å². The van der Waals surface area contributed by atoms with Gasteiger partial charge in [0.1, 0.15) is 5.75 Å². The smallest absolute Gasteiger partial charge is 0.128 e. The van der Waals surface area contributed by atoms with Gasteiger partial charge in [-0.2, -0.15) is 0 Å². The van der Waals surface area contributed by atoms with Crippen molar-refractivity contribution in [2.45, 2.75) is 32.7 Å². The zero-order valence-electron chi connectivity index (χ0n) is 11.6. The summed E-state index contributed by atoms with van der Waals surface area (Å²) < 4.78 is 8.05. The maximum absolute atomic E-state index is 5.73. The van der Waals surface area contributed by atoms with Gasteiger partial charge in [0, 0.05) is 18.1 Å². The molecule has 0 atom stereocenters. The summed E-state index contributed by atoms with van der Waals surface area (Å²) in [5, 5.41) is 1.22. The van der Waals surface area contributed by atoms with Crippen LogP contribution in [0.5, 0.6) is 5.75 Å². The highest BCUT2D eigenvalue weighted by molar-refractivity contribution is 5.86. The van der Waals surface area contributed by atoms with Gasteiger partial charge in [0.15, 0.2) is 0 Å². The Balaban J connectivity index is 1.91. The van der Waals surface area contributed by atoms with Crippen molar-refractivity contribution in [3.05, 3.63) is 30.5 Å². The minimum atomic E-state index is 0.461. The molecule has 1 heterocycles. The largest absolute Gasteiger partial charge is 0.493 e. The molecule has 1 aliphatic carbocycles. The standard InChI is InChI=1S/C16H22N2O/c1-2-19-15-5-3-4-14-13(15)6-11-18(14)12-16(7-8-16)9-10-17/h3-6,11H,2,7-10,12,17H2,1H3. The van der Waals surface area contributed by atoms with Gasteiger partial charge in [-0.15, -0.1) is 0 Å². The summed E-state index contributed by atoms with van der Waals surface area (Å²) in [7, 11) is 0.